The van der Waals surface area contributed by atoms with Crippen LogP contribution in [0.25, 0.3) is 22.3 Å². The number of pyridine rings is 1. The largest absolute Gasteiger partial charge is 0.489 e. The van der Waals surface area contributed by atoms with Gasteiger partial charge in [-0.1, -0.05) is 42.5 Å². The average molecular weight is 495 g/mol. The minimum absolute atomic E-state index is 0.0196. The second-order valence-electron chi connectivity index (χ2n) is 8.01. The van der Waals surface area contributed by atoms with Gasteiger partial charge in [0.25, 0.3) is 0 Å². The number of alkyl halides is 3. The van der Waals surface area contributed by atoms with Gasteiger partial charge < -0.3 is 9.47 Å². The molecular formula is C28H21F4NO3. The molecule has 3 aromatic carbocycles. The maximum absolute atomic E-state index is 14.1. The van der Waals surface area contributed by atoms with Crippen LogP contribution in [0.5, 0.6) is 5.75 Å². The summed E-state index contributed by atoms with van der Waals surface area (Å²) < 4.78 is 65.6. The fourth-order valence-corrected chi connectivity index (χ4v) is 3.70. The molecule has 0 aliphatic carbocycles. The number of hydrogen-bond donors (Lipinski definition) is 0. The number of rotatable bonds is 7. The molecule has 1 aromatic heterocycles. The molecular weight excluding hydrogens is 474 g/mol. The number of halogens is 4. The van der Waals surface area contributed by atoms with Crippen molar-refractivity contribution in [3.05, 3.63) is 108 Å². The molecule has 0 N–H and O–H groups in total. The Morgan fingerprint density at radius 3 is 2.31 bits per heavy atom. The van der Waals surface area contributed by atoms with Gasteiger partial charge in [0, 0.05) is 23.5 Å². The number of carbonyl (C=O) groups is 1. The molecule has 0 atom stereocenters. The zero-order valence-corrected chi connectivity index (χ0v) is 19.2. The SMILES string of the molecule is COC(=O)Cc1cncc(-c2ccc(COc3ccc(-c4ccccc4F)c(C(F)(F)F)c3)cc2)c1. The summed E-state index contributed by atoms with van der Waals surface area (Å²) in [4.78, 5) is 15.7. The first-order valence-corrected chi connectivity index (χ1v) is 10.9. The monoisotopic (exact) mass is 495 g/mol. The molecule has 184 valence electrons. The second-order valence-corrected chi connectivity index (χ2v) is 8.01. The minimum Gasteiger partial charge on any atom is -0.489 e. The molecule has 4 nitrogen and oxygen atoms in total. The van der Waals surface area contributed by atoms with Crippen LogP contribution in [0.1, 0.15) is 16.7 Å². The third-order valence-corrected chi connectivity index (χ3v) is 5.52. The molecule has 4 aromatic rings. The van der Waals surface area contributed by atoms with Crippen LogP contribution in [0, 0.1) is 5.82 Å². The van der Waals surface area contributed by atoms with Gasteiger partial charge in [-0.05, 0) is 52.6 Å². The van der Waals surface area contributed by atoms with E-state index in [1.165, 1.54) is 37.4 Å². The number of carbonyl (C=O) groups excluding carboxylic acids is 1. The van der Waals surface area contributed by atoms with Crippen LogP contribution >= 0.6 is 0 Å². The Kier molecular flexibility index (Phi) is 7.33. The zero-order valence-electron chi connectivity index (χ0n) is 19.2. The Balaban J connectivity index is 1.49. The fraction of sp³-hybridized carbons (Fsp3) is 0.143. The van der Waals surface area contributed by atoms with Crippen LogP contribution in [0.4, 0.5) is 17.6 Å². The zero-order chi connectivity index (χ0) is 25.7. The van der Waals surface area contributed by atoms with E-state index in [1.807, 2.05) is 18.2 Å². The number of hydrogen-bond acceptors (Lipinski definition) is 4. The molecule has 0 amide bonds. The highest BCUT2D eigenvalue weighted by Gasteiger charge is 2.34. The maximum Gasteiger partial charge on any atom is 0.417 e. The fourth-order valence-electron chi connectivity index (χ4n) is 3.70. The standard InChI is InChI=1S/C28H21F4NO3/c1-35-27(34)13-19-12-21(16-33-15-19)20-8-6-18(7-9-20)17-36-22-10-11-23(25(14-22)28(30,31)32)24-4-2-3-5-26(24)29/h2-12,14-16H,13,17H2,1H3. The minimum atomic E-state index is -4.69. The van der Waals surface area contributed by atoms with Gasteiger partial charge in [0.2, 0.25) is 0 Å². The first-order valence-electron chi connectivity index (χ1n) is 10.9. The molecule has 0 aliphatic heterocycles. The molecule has 0 spiro atoms. The first-order chi connectivity index (χ1) is 17.2. The van der Waals surface area contributed by atoms with Gasteiger partial charge in [-0.3, -0.25) is 9.78 Å². The maximum atomic E-state index is 14.1. The first kappa shape index (κ1) is 24.9. The molecule has 0 saturated carbocycles. The Hall–Kier alpha value is -4.20. The molecule has 8 heteroatoms. The third-order valence-electron chi connectivity index (χ3n) is 5.52. The van der Waals surface area contributed by atoms with Crippen molar-refractivity contribution in [2.45, 2.75) is 19.2 Å². The number of methoxy groups -OCH3 is 1. The van der Waals surface area contributed by atoms with Crippen LogP contribution in [0.3, 0.4) is 0 Å². The van der Waals surface area contributed by atoms with E-state index in [0.717, 1.165) is 28.8 Å². The predicted octanol–water partition coefficient (Wildman–Crippen LogP) is 6.87. The highest BCUT2D eigenvalue weighted by Crippen LogP contribution is 2.40. The molecule has 0 fully saturated rings. The van der Waals surface area contributed by atoms with Crippen molar-refractivity contribution in [2.24, 2.45) is 0 Å². The summed E-state index contributed by atoms with van der Waals surface area (Å²) in [5.41, 5.74) is 1.77. The van der Waals surface area contributed by atoms with Gasteiger partial charge >= 0.3 is 12.1 Å². The number of benzene rings is 3. The number of ether oxygens (including phenoxy) is 2. The summed E-state index contributed by atoms with van der Waals surface area (Å²) in [6, 6.07) is 17.9. The molecule has 0 radical (unpaired) electrons. The van der Waals surface area contributed by atoms with Crippen molar-refractivity contribution in [1.82, 2.24) is 4.98 Å². The highest BCUT2D eigenvalue weighted by atomic mass is 19.4. The van der Waals surface area contributed by atoms with Gasteiger partial charge in [-0.15, -0.1) is 0 Å². The summed E-state index contributed by atoms with van der Waals surface area (Å²) in [6.07, 6.45) is -1.31. The Labute approximate surface area is 205 Å². The van der Waals surface area contributed by atoms with Crippen molar-refractivity contribution in [1.29, 1.82) is 0 Å². The van der Waals surface area contributed by atoms with Gasteiger partial charge in [-0.2, -0.15) is 13.2 Å². The van der Waals surface area contributed by atoms with E-state index in [1.54, 1.807) is 24.5 Å². The van der Waals surface area contributed by atoms with Crippen LogP contribution < -0.4 is 4.74 Å². The molecule has 0 unspecified atom stereocenters. The highest BCUT2D eigenvalue weighted by molar-refractivity contribution is 5.73. The smallest absolute Gasteiger partial charge is 0.417 e. The summed E-state index contributed by atoms with van der Waals surface area (Å²) in [5, 5.41) is 0. The summed E-state index contributed by atoms with van der Waals surface area (Å²) in [6.45, 7) is 0.0389. The van der Waals surface area contributed by atoms with Crippen molar-refractivity contribution in [3.63, 3.8) is 0 Å². The topological polar surface area (TPSA) is 48.4 Å². The van der Waals surface area contributed by atoms with E-state index in [-0.39, 0.29) is 35.9 Å². The average Bonchev–Trinajstić information content (AvgIpc) is 2.87. The Morgan fingerprint density at radius 1 is 0.861 bits per heavy atom. The summed E-state index contributed by atoms with van der Waals surface area (Å²) in [5.74, 6) is -1.08. The lowest BCUT2D eigenvalue weighted by atomic mass is 9.98. The van der Waals surface area contributed by atoms with Crippen molar-refractivity contribution < 1.29 is 31.8 Å². The van der Waals surface area contributed by atoms with Gasteiger partial charge in [0.05, 0.1) is 19.1 Å². The molecule has 4 rings (SSSR count). The van der Waals surface area contributed by atoms with E-state index in [9.17, 15) is 22.4 Å². The molecule has 0 saturated heterocycles. The van der Waals surface area contributed by atoms with E-state index >= 15 is 0 Å². The van der Waals surface area contributed by atoms with Crippen molar-refractivity contribution >= 4 is 5.97 Å². The van der Waals surface area contributed by atoms with Crippen LogP contribution in [0.2, 0.25) is 0 Å². The Morgan fingerprint density at radius 2 is 1.61 bits per heavy atom. The number of nitrogens with zero attached hydrogens (tertiary/aromatic N) is 1. The lowest BCUT2D eigenvalue weighted by molar-refractivity contribution is -0.140. The quantitative estimate of drug-likeness (QED) is 0.207. The van der Waals surface area contributed by atoms with E-state index in [2.05, 4.69) is 9.72 Å². The predicted molar refractivity (Wildman–Crippen MR) is 127 cm³/mol. The molecule has 1 heterocycles. The van der Waals surface area contributed by atoms with Gasteiger partial charge in [0.15, 0.2) is 0 Å². The van der Waals surface area contributed by atoms with Crippen LogP contribution in [-0.2, 0) is 28.7 Å². The van der Waals surface area contributed by atoms with Gasteiger partial charge in [0.1, 0.15) is 18.2 Å². The van der Waals surface area contributed by atoms with E-state index in [4.69, 9.17) is 4.74 Å². The second kappa shape index (κ2) is 10.6. The Bertz CT molecular complexity index is 1370. The van der Waals surface area contributed by atoms with Crippen molar-refractivity contribution in [3.8, 4) is 28.0 Å². The molecule has 36 heavy (non-hydrogen) atoms. The summed E-state index contributed by atoms with van der Waals surface area (Å²) in [7, 11) is 1.32. The van der Waals surface area contributed by atoms with E-state index in [0.29, 0.717) is 5.56 Å². The number of esters is 1. The molecule has 0 bridgehead atoms. The molecule has 0 aliphatic rings. The van der Waals surface area contributed by atoms with Gasteiger partial charge in [-0.25, -0.2) is 4.39 Å². The lowest BCUT2D eigenvalue weighted by Crippen LogP contribution is -2.08. The number of aromatic nitrogens is 1. The lowest BCUT2D eigenvalue weighted by Gasteiger charge is -2.16. The summed E-state index contributed by atoms with van der Waals surface area (Å²) >= 11 is 0. The normalized spacial score (nSPS) is 11.2. The van der Waals surface area contributed by atoms with Crippen molar-refractivity contribution in [2.75, 3.05) is 7.11 Å². The third kappa shape index (κ3) is 5.89. The van der Waals surface area contributed by atoms with E-state index < -0.39 is 17.6 Å². The van der Waals surface area contributed by atoms with Crippen LogP contribution in [-0.4, -0.2) is 18.1 Å². The van der Waals surface area contributed by atoms with Crippen LogP contribution in [0.15, 0.2) is 85.2 Å².